The summed E-state index contributed by atoms with van der Waals surface area (Å²) in [7, 11) is 0. The molecule has 2 nitrogen and oxygen atoms in total. The second-order valence-electron chi connectivity index (χ2n) is 2.76. The summed E-state index contributed by atoms with van der Waals surface area (Å²) in [5.74, 6) is -0.143. The Bertz CT molecular complexity index is 475. The summed E-state index contributed by atoms with van der Waals surface area (Å²) in [6.45, 7) is 0. The maximum atomic E-state index is 11.3. The number of hydrogen-bond donors (Lipinski definition) is 0. The van der Waals surface area contributed by atoms with E-state index in [1.807, 2.05) is 0 Å². The highest BCUT2D eigenvalue weighted by molar-refractivity contribution is 6.53. The lowest BCUT2D eigenvalue weighted by Crippen LogP contribution is -1.92. The lowest BCUT2D eigenvalue weighted by Gasteiger charge is -1.89. The largest absolute Gasteiger partial charge is 0.290 e. The highest BCUT2D eigenvalue weighted by Crippen LogP contribution is 2.28. The van der Waals surface area contributed by atoms with E-state index in [1.165, 1.54) is 18.2 Å². The normalized spacial score (nSPS) is 13.9. The van der Waals surface area contributed by atoms with Crippen LogP contribution in [0.5, 0.6) is 0 Å². The van der Waals surface area contributed by atoms with Gasteiger partial charge in [-0.1, -0.05) is 23.7 Å². The van der Waals surface area contributed by atoms with Gasteiger partial charge in [0, 0.05) is 17.2 Å². The van der Waals surface area contributed by atoms with Gasteiger partial charge in [-0.3, -0.25) is 9.59 Å². The van der Waals surface area contributed by atoms with Crippen LogP contribution in [0.4, 0.5) is 0 Å². The Morgan fingerprint density at radius 1 is 1.08 bits per heavy atom. The van der Waals surface area contributed by atoms with Gasteiger partial charge >= 0.3 is 0 Å². The first-order valence-electron chi connectivity index (χ1n) is 3.75. The predicted molar refractivity (Wildman–Crippen MR) is 50.9 cm³/mol. The Morgan fingerprint density at radius 2 is 1.85 bits per heavy atom. The Labute approximate surface area is 79.5 Å². The van der Waals surface area contributed by atoms with Crippen molar-refractivity contribution >= 4 is 22.4 Å². The first kappa shape index (κ1) is 8.20. The van der Waals surface area contributed by atoms with Crippen molar-refractivity contribution in [3.8, 4) is 0 Å². The third-order valence-electron chi connectivity index (χ3n) is 1.88. The van der Waals surface area contributed by atoms with Gasteiger partial charge < -0.3 is 0 Å². The first-order chi connectivity index (χ1) is 6.18. The van der Waals surface area contributed by atoms with Gasteiger partial charge in [0.1, 0.15) is 0 Å². The Kier molecular flexibility index (Phi) is 1.78. The number of ketones is 1. The number of rotatable bonds is 0. The standard InChI is InChI=1S/C10H5ClO2/c11-9-5-10(13)7-3-1-2-6(12)4-8(7)9/h1-5H. The molecule has 0 fully saturated rings. The fourth-order valence-electron chi connectivity index (χ4n) is 1.28. The fourth-order valence-corrected chi connectivity index (χ4v) is 1.54. The van der Waals surface area contributed by atoms with E-state index in [0.29, 0.717) is 16.2 Å². The van der Waals surface area contributed by atoms with Crippen molar-refractivity contribution in [1.82, 2.24) is 0 Å². The van der Waals surface area contributed by atoms with Crippen molar-refractivity contribution in [2.45, 2.75) is 0 Å². The molecule has 0 radical (unpaired) electrons. The van der Waals surface area contributed by atoms with E-state index in [0.717, 1.165) is 0 Å². The lowest BCUT2D eigenvalue weighted by atomic mass is 10.2. The molecule has 0 heterocycles. The van der Waals surface area contributed by atoms with Crippen LogP contribution < -0.4 is 5.43 Å². The number of allylic oxidation sites excluding steroid dienone is 1. The van der Waals surface area contributed by atoms with Crippen molar-refractivity contribution in [2.24, 2.45) is 0 Å². The minimum atomic E-state index is -0.150. The van der Waals surface area contributed by atoms with Gasteiger partial charge in [0.05, 0.1) is 5.03 Å². The molecule has 0 aromatic heterocycles. The molecule has 0 spiro atoms. The molecule has 0 saturated carbocycles. The van der Waals surface area contributed by atoms with E-state index in [2.05, 4.69) is 0 Å². The zero-order valence-corrected chi connectivity index (χ0v) is 7.34. The van der Waals surface area contributed by atoms with Gasteiger partial charge in [-0.2, -0.15) is 0 Å². The van der Waals surface area contributed by atoms with Gasteiger partial charge in [-0.15, -0.1) is 0 Å². The van der Waals surface area contributed by atoms with Gasteiger partial charge in [0.15, 0.2) is 11.2 Å². The molecule has 1 aromatic carbocycles. The zero-order valence-electron chi connectivity index (χ0n) is 6.58. The topological polar surface area (TPSA) is 34.1 Å². The molecule has 64 valence electrons. The molecule has 0 bridgehead atoms. The molecule has 0 atom stereocenters. The molecule has 2 rings (SSSR count). The van der Waals surface area contributed by atoms with Gasteiger partial charge in [0.25, 0.3) is 0 Å². The number of fused-ring (bicyclic) bond motifs is 1. The summed E-state index contributed by atoms with van der Waals surface area (Å²) in [5, 5.41) is 0.341. The minimum absolute atomic E-state index is 0.143. The molecule has 1 aromatic rings. The summed E-state index contributed by atoms with van der Waals surface area (Å²) in [4.78, 5) is 22.3. The minimum Gasteiger partial charge on any atom is -0.290 e. The average Bonchev–Trinajstić information content (AvgIpc) is 2.28. The summed E-state index contributed by atoms with van der Waals surface area (Å²) < 4.78 is 0. The number of carbonyl (C=O) groups excluding carboxylic acids is 1. The van der Waals surface area contributed by atoms with Crippen LogP contribution >= 0.6 is 11.6 Å². The van der Waals surface area contributed by atoms with Crippen LogP contribution in [0.3, 0.4) is 0 Å². The van der Waals surface area contributed by atoms with Crippen LogP contribution in [-0.4, -0.2) is 5.78 Å². The maximum Gasteiger partial charge on any atom is 0.187 e. The van der Waals surface area contributed by atoms with Crippen molar-refractivity contribution in [3.63, 3.8) is 0 Å². The molecule has 1 aliphatic carbocycles. The summed E-state index contributed by atoms with van der Waals surface area (Å²) in [6.07, 6.45) is 1.33. The zero-order chi connectivity index (χ0) is 9.42. The molecule has 13 heavy (non-hydrogen) atoms. The highest BCUT2D eigenvalue weighted by Gasteiger charge is 2.18. The SMILES string of the molecule is O=C1C=C(Cl)c2cc(=O)cccc21. The van der Waals surface area contributed by atoms with Crippen LogP contribution in [0.1, 0.15) is 15.9 Å². The maximum absolute atomic E-state index is 11.3. The van der Waals surface area contributed by atoms with E-state index < -0.39 is 0 Å². The van der Waals surface area contributed by atoms with Crippen LogP contribution in [0.2, 0.25) is 0 Å². The van der Waals surface area contributed by atoms with Crippen LogP contribution in [0, 0.1) is 0 Å². The molecule has 0 unspecified atom stereocenters. The third kappa shape index (κ3) is 1.29. The smallest absolute Gasteiger partial charge is 0.187 e. The molecule has 0 saturated heterocycles. The molecule has 0 aliphatic heterocycles. The van der Waals surface area contributed by atoms with E-state index in [9.17, 15) is 9.59 Å². The summed E-state index contributed by atoms with van der Waals surface area (Å²) in [6, 6.07) is 5.93. The van der Waals surface area contributed by atoms with Crippen molar-refractivity contribution in [2.75, 3.05) is 0 Å². The Balaban J connectivity index is 2.83. The average molecular weight is 193 g/mol. The Hall–Kier alpha value is -1.41. The molecule has 0 amide bonds. The van der Waals surface area contributed by atoms with E-state index in [4.69, 9.17) is 11.6 Å². The highest BCUT2D eigenvalue weighted by atomic mass is 35.5. The number of hydrogen-bond acceptors (Lipinski definition) is 2. The lowest BCUT2D eigenvalue weighted by molar-refractivity contribution is 0.105. The number of carbonyl (C=O) groups is 1. The second kappa shape index (κ2) is 2.82. The molecule has 1 aliphatic rings. The van der Waals surface area contributed by atoms with Gasteiger partial charge in [-0.05, 0) is 12.1 Å². The quantitative estimate of drug-likeness (QED) is 0.629. The number of halogens is 1. The third-order valence-corrected chi connectivity index (χ3v) is 2.19. The Morgan fingerprint density at radius 3 is 2.62 bits per heavy atom. The van der Waals surface area contributed by atoms with Crippen LogP contribution in [0.15, 0.2) is 35.1 Å². The monoisotopic (exact) mass is 192 g/mol. The van der Waals surface area contributed by atoms with Crippen molar-refractivity contribution in [1.29, 1.82) is 0 Å². The van der Waals surface area contributed by atoms with E-state index in [1.54, 1.807) is 12.1 Å². The van der Waals surface area contributed by atoms with E-state index in [-0.39, 0.29) is 11.2 Å². The van der Waals surface area contributed by atoms with Crippen molar-refractivity contribution in [3.05, 3.63) is 51.7 Å². The van der Waals surface area contributed by atoms with Crippen molar-refractivity contribution < 1.29 is 4.79 Å². The summed E-state index contributed by atoms with van der Waals surface area (Å²) in [5.41, 5.74) is 0.872. The van der Waals surface area contributed by atoms with Crippen LogP contribution in [0.25, 0.3) is 5.03 Å². The first-order valence-corrected chi connectivity index (χ1v) is 4.12. The van der Waals surface area contributed by atoms with E-state index >= 15 is 0 Å². The molecule has 3 heteroatoms. The second-order valence-corrected chi connectivity index (χ2v) is 3.16. The summed E-state index contributed by atoms with van der Waals surface area (Å²) >= 11 is 5.77. The fraction of sp³-hybridized carbons (Fsp3) is 0. The molecular formula is C10H5ClO2. The van der Waals surface area contributed by atoms with Gasteiger partial charge in [0.2, 0.25) is 0 Å². The van der Waals surface area contributed by atoms with Gasteiger partial charge in [-0.25, -0.2) is 0 Å². The molecular weight excluding hydrogens is 188 g/mol. The van der Waals surface area contributed by atoms with Crippen LogP contribution in [-0.2, 0) is 0 Å². The molecule has 0 N–H and O–H groups in total. The predicted octanol–water partition coefficient (Wildman–Crippen LogP) is 1.82.